The molecule has 1 aliphatic rings. The molecule has 19 heavy (non-hydrogen) atoms. The minimum absolute atomic E-state index is 0.124. The fourth-order valence-corrected chi connectivity index (χ4v) is 1.70. The lowest BCUT2D eigenvalue weighted by atomic mass is 10.3. The summed E-state index contributed by atoms with van der Waals surface area (Å²) in [6.45, 7) is 8.19. The van der Waals surface area contributed by atoms with Crippen LogP contribution in [-0.4, -0.2) is 37.4 Å². The van der Waals surface area contributed by atoms with E-state index in [2.05, 4.69) is 6.92 Å². The summed E-state index contributed by atoms with van der Waals surface area (Å²) in [6, 6.07) is 0. The number of hydrogen-bond donors (Lipinski definition) is 0. The first-order valence-electron chi connectivity index (χ1n) is 6.98. The van der Waals surface area contributed by atoms with Crippen molar-refractivity contribution in [3.8, 4) is 0 Å². The Morgan fingerprint density at radius 1 is 1.26 bits per heavy atom. The molecule has 4 atom stereocenters. The van der Waals surface area contributed by atoms with E-state index in [9.17, 15) is 9.59 Å². The van der Waals surface area contributed by atoms with Gasteiger partial charge in [0.15, 0.2) is 6.10 Å². The predicted molar refractivity (Wildman–Crippen MR) is 69.5 cm³/mol. The molecule has 5 nitrogen and oxygen atoms in total. The van der Waals surface area contributed by atoms with Crippen LogP contribution in [-0.2, 0) is 23.8 Å². The standard InChI is InChI=1S/C14H24O5/c1-5-9(3)18-8-11-7-12(11)14(16)19-10(4)13(15)17-6-2/h9-12H,5-8H2,1-4H3/t9?,10-,11-,12+/m0/s1. The van der Waals surface area contributed by atoms with Crippen LogP contribution in [0, 0.1) is 11.8 Å². The maximum atomic E-state index is 11.8. The van der Waals surface area contributed by atoms with Gasteiger partial charge in [-0.05, 0) is 39.5 Å². The largest absolute Gasteiger partial charge is 0.463 e. The fourth-order valence-electron chi connectivity index (χ4n) is 1.70. The van der Waals surface area contributed by atoms with E-state index in [0.29, 0.717) is 6.61 Å². The Kier molecular flexibility index (Phi) is 6.28. The van der Waals surface area contributed by atoms with Crippen LogP contribution < -0.4 is 0 Å². The van der Waals surface area contributed by atoms with Gasteiger partial charge in [-0.25, -0.2) is 4.79 Å². The summed E-state index contributed by atoms with van der Waals surface area (Å²) in [5.41, 5.74) is 0. The Morgan fingerprint density at radius 2 is 1.95 bits per heavy atom. The average Bonchev–Trinajstić information content (AvgIpc) is 3.15. The first-order valence-corrected chi connectivity index (χ1v) is 6.98. The van der Waals surface area contributed by atoms with Gasteiger partial charge in [0.25, 0.3) is 0 Å². The first-order chi connectivity index (χ1) is 8.99. The van der Waals surface area contributed by atoms with Crippen LogP contribution in [0.3, 0.4) is 0 Å². The molecule has 0 heterocycles. The van der Waals surface area contributed by atoms with Crippen molar-refractivity contribution in [2.75, 3.05) is 13.2 Å². The van der Waals surface area contributed by atoms with Crippen molar-refractivity contribution in [2.45, 2.75) is 52.7 Å². The minimum atomic E-state index is -0.829. The Hall–Kier alpha value is -1.10. The molecule has 0 aliphatic heterocycles. The van der Waals surface area contributed by atoms with E-state index < -0.39 is 12.1 Å². The number of rotatable bonds is 8. The lowest BCUT2D eigenvalue weighted by Gasteiger charge is -2.12. The van der Waals surface area contributed by atoms with Gasteiger partial charge in [-0.3, -0.25) is 4.79 Å². The SMILES string of the molecule is CCOC(=O)[C@H](C)OC(=O)[C@@H]1C[C@H]1COC(C)CC. The molecular formula is C14H24O5. The van der Waals surface area contributed by atoms with Crippen molar-refractivity contribution < 1.29 is 23.8 Å². The third kappa shape index (κ3) is 5.19. The van der Waals surface area contributed by atoms with E-state index in [1.54, 1.807) is 6.92 Å². The summed E-state index contributed by atoms with van der Waals surface area (Å²) in [7, 11) is 0. The third-order valence-electron chi connectivity index (χ3n) is 3.31. The second-order valence-electron chi connectivity index (χ2n) is 4.99. The van der Waals surface area contributed by atoms with Gasteiger partial charge in [0.2, 0.25) is 0 Å². The van der Waals surface area contributed by atoms with Gasteiger partial charge < -0.3 is 14.2 Å². The van der Waals surface area contributed by atoms with E-state index in [0.717, 1.165) is 12.8 Å². The predicted octanol–water partition coefficient (Wildman–Crippen LogP) is 1.93. The zero-order chi connectivity index (χ0) is 14.4. The van der Waals surface area contributed by atoms with Crippen molar-refractivity contribution in [1.29, 1.82) is 0 Å². The van der Waals surface area contributed by atoms with Gasteiger partial charge in [0.05, 0.1) is 25.2 Å². The highest BCUT2D eigenvalue weighted by atomic mass is 16.6. The molecule has 1 saturated carbocycles. The number of esters is 2. The van der Waals surface area contributed by atoms with Gasteiger partial charge in [0, 0.05) is 0 Å². The van der Waals surface area contributed by atoms with Gasteiger partial charge >= 0.3 is 11.9 Å². The van der Waals surface area contributed by atoms with Crippen LogP contribution in [0.15, 0.2) is 0 Å². The number of carbonyl (C=O) groups excluding carboxylic acids is 2. The van der Waals surface area contributed by atoms with E-state index in [1.807, 2.05) is 6.92 Å². The zero-order valence-electron chi connectivity index (χ0n) is 12.2. The second-order valence-corrected chi connectivity index (χ2v) is 4.99. The molecule has 0 bridgehead atoms. The Labute approximate surface area is 114 Å². The van der Waals surface area contributed by atoms with Crippen molar-refractivity contribution in [3.63, 3.8) is 0 Å². The summed E-state index contributed by atoms with van der Waals surface area (Å²) < 4.78 is 15.5. The Morgan fingerprint density at radius 3 is 2.53 bits per heavy atom. The Bertz CT molecular complexity index is 315. The van der Waals surface area contributed by atoms with Gasteiger partial charge in [-0.1, -0.05) is 6.92 Å². The fraction of sp³-hybridized carbons (Fsp3) is 0.857. The number of carbonyl (C=O) groups is 2. The van der Waals surface area contributed by atoms with Crippen molar-refractivity contribution in [2.24, 2.45) is 11.8 Å². The van der Waals surface area contributed by atoms with Crippen molar-refractivity contribution in [3.05, 3.63) is 0 Å². The van der Waals surface area contributed by atoms with Crippen LogP contribution >= 0.6 is 0 Å². The maximum Gasteiger partial charge on any atom is 0.347 e. The molecule has 1 unspecified atom stereocenters. The van der Waals surface area contributed by atoms with Crippen LogP contribution in [0.1, 0.15) is 40.5 Å². The Balaban J connectivity index is 2.23. The normalized spacial score (nSPS) is 24.4. The molecule has 0 aromatic heterocycles. The van der Waals surface area contributed by atoms with Gasteiger partial charge in [-0.15, -0.1) is 0 Å². The molecule has 0 radical (unpaired) electrons. The summed E-state index contributed by atoms with van der Waals surface area (Å²) in [4.78, 5) is 23.1. The van der Waals surface area contributed by atoms with Crippen LogP contribution in [0.25, 0.3) is 0 Å². The monoisotopic (exact) mass is 272 g/mol. The smallest absolute Gasteiger partial charge is 0.347 e. The van der Waals surface area contributed by atoms with E-state index in [-0.39, 0.29) is 30.5 Å². The molecule has 110 valence electrons. The molecule has 1 aliphatic carbocycles. The molecule has 0 amide bonds. The molecule has 0 aromatic rings. The third-order valence-corrected chi connectivity index (χ3v) is 3.31. The van der Waals surface area contributed by atoms with Crippen LogP contribution in [0.2, 0.25) is 0 Å². The van der Waals surface area contributed by atoms with Crippen LogP contribution in [0.5, 0.6) is 0 Å². The molecular weight excluding hydrogens is 248 g/mol. The lowest BCUT2D eigenvalue weighted by molar-refractivity contribution is -0.167. The summed E-state index contributed by atoms with van der Waals surface area (Å²) in [5, 5.41) is 0. The van der Waals surface area contributed by atoms with Crippen molar-refractivity contribution in [1.82, 2.24) is 0 Å². The average molecular weight is 272 g/mol. The number of ether oxygens (including phenoxy) is 3. The molecule has 0 saturated heterocycles. The molecule has 0 spiro atoms. The van der Waals surface area contributed by atoms with E-state index in [4.69, 9.17) is 14.2 Å². The highest BCUT2D eigenvalue weighted by molar-refractivity contribution is 5.81. The highest BCUT2D eigenvalue weighted by Gasteiger charge is 2.45. The van der Waals surface area contributed by atoms with E-state index in [1.165, 1.54) is 6.92 Å². The lowest BCUT2D eigenvalue weighted by Crippen LogP contribution is -2.27. The molecule has 1 rings (SSSR count). The molecule has 0 aromatic carbocycles. The summed E-state index contributed by atoms with van der Waals surface area (Å²) in [6.07, 6.45) is 1.13. The zero-order valence-corrected chi connectivity index (χ0v) is 12.2. The quantitative estimate of drug-likeness (QED) is 0.632. The second kappa shape index (κ2) is 7.48. The molecule has 0 N–H and O–H groups in total. The maximum absolute atomic E-state index is 11.8. The first kappa shape index (κ1) is 16.0. The summed E-state index contributed by atoms with van der Waals surface area (Å²) >= 11 is 0. The topological polar surface area (TPSA) is 61.8 Å². The van der Waals surface area contributed by atoms with Gasteiger partial charge in [-0.2, -0.15) is 0 Å². The molecule has 5 heteroatoms. The minimum Gasteiger partial charge on any atom is -0.463 e. The van der Waals surface area contributed by atoms with Gasteiger partial charge in [0.1, 0.15) is 0 Å². The van der Waals surface area contributed by atoms with Crippen LogP contribution in [0.4, 0.5) is 0 Å². The number of hydrogen-bond acceptors (Lipinski definition) is 5. The molecule has 1 fully saturated rings. The van der Waals surface area contributed by atoms with E-state index >= 15 is 0 Å². The van der Waals surface area contributed by atoms with Crippen molar-refractivity contribution >= 4 is 11.9 Å². The highest BCUT2D eigenvalue weighted by Crippen LogP contribution is 2.40. The summed E-state index contributed by atoms with van der Waals surface area (Å²) in [5.74, 6) is -0.709.